The van der Waals surface area contributed by atoms with Gasteiger partial charge in [-0.3, -0.25) is 14.5 Å². The largest absolute Gasteiger partial charge is 0.274 e. The van der Waals surface area contributed by atoms with Gasteiger partial charge in [-0.1, -0.05) is 44.2 Å². The van der Waals surface area contributed by atoms with Crippen LogP contribution in [0.2, 0.25) is 0 Å². The molecule has 0 fully saturated rings. The fourth-order valence-corrected chi connectivity index (χ4v) is 2.70. The molecule has 0 saturated heterocycles. The van der Waals surface area contributed by atoms with Crippen molar-refractivity contribution < 1.29 is 14.7 Å². The standard InChI is InChI=1S/C17H22NO3/c19-13-9-5-3-1-2-4-8-12-18-16(20)14-10-6-7-11-15(14)17(18)21/h6-7,10-11H,1-5,8-9,12-13H2. The maximum Gasteiger partial charge on any atom is 0.261 e. The molecule has 1 heterocycles. The van der Waals surface area contributed by atoms with Crippen LogP contribution in [0, 0.1) is 0 Å². The lowest BCUT2D eigenvalue weighted by molar-refractivity contribution is 0.0651. The number of hydrogen-bond acceptors (Lipinski definition) is 2. The number of rotatable bonds is 9. The molecule has 2 rings (SSSR count). The molecule has 2 amide bonds. The normalized spacial score (nSPS) is 13.9. The maximum atomic E-state index is 12.1. The third-order valence-corrected chi connectivity index (χ3v) is 3.90. The van der Waals surface area contributed by atoms with Crippen LogP contribution < -0.4 is 0 Å². The summed E-state index contributed by atoms with van der Waals surface area (Å²) < 4.78 is 0. The van der Waals surface area contributed by atoms with Crippen LogP contribution >= 0.6 is 0 Å². The first-order valence-corrected chi connectivity index (χ1v) is 7.79. The number of imide groups is 1. The van der Waals surface area contributed by atoms with E-state index in [1.165, 1.54) is 4.90 Å². The molecule has 1 radical (unpaired) electrons. The smallest absolute Gasteiger partial charge is 0.261 e. The molecular weight excluding hydrogens is 266 g/mol. The molecule has 4 nitrogen and oxygen atoms in total. The van der Waals surface area contributed by atoms with Gasteiger partial charge in [0.25, 0.3) is 11.8 Å². The number of unbranched alkanes of at least 4 members (excludes halogenated alkanes) is 6. The minimum absolute atomic E-state index is 0.0275. The first kappa shape index (κ1) is 15.7. The van der Waals surface area contributed by atoms with Crippen LogP contribution in [0.3, 0.4) is 0 Å². The SMILES string of the molecule is [O]CCCCCCCCCN1C(=O)c2ccccc2C1=O. The summed E-state index contributed by atoms with van der Waals surface area (Å²) in [7, 11) is 0. The molecule has 113 valence electrons. The van der Waals surface area contributed by atoms with E-state index < -0.39 is 0 Å². The number of carbonyl (C=O) groups is 2. The number of fused-ring (bicyclic) bond motifs is 1. The Balaban J connectivity index is 1.69. The fraction of sp³-hybridized carbons (Fsp3) is 0.529. The Bertz CT molecular complexity index is 464. The van der Waals surface area contributed by atoms with Crippen LogP contribution in [-0.2, 0) is 5.11 Å². The molecular formula is C17H22NO3. The zero-order valence-corrected chi connectivity index (χ0v) is 12.3. The van der Waals surface area contributed by atoms with E-state index in [2.05, 4.69) is 0 Å². The monoisotopic (exact) mass is 288 g/mol. The van der Waals surface area contributed by atoms with Gasteiger partial charge in [0.2, 0.25) is 0 Å². The Morgan fingerprint density at radius 2 is 1.19 bits per heavy atom. The number of nitrogens with zero attached hydrogens (tertiary/aromatic N) is 1. The van der Waals surface area contributed by atoms with Gasteiger partial charge < -0.3 is 0 Å². The summed E-state index contributed by atoms with van der Waals surface area (Å²) in [5, 5.41) is 10.3. The average molecular weight is 288 g/mol. The summed E-state index contributed by atoms with van der Waals surface area (Å²) in [5.41, 5.74) is 1.06. The fourth-order valence-electron chi connectivity index (χ4n) is 2.70. The van der Waals surface area contributed by atoms with Gasteiger partial charge in [-0.05, 0) is 25.0 Å². The predicted octanol–water partition coefficient (Wildman–Crippen LogP) is 3.44. The number of hydrogen-bond donors (Lipinski definition) is 0. The molecule has 0 unspecified atom stereocenters. The van der Waals surface area contributed by atoms with E-state index in [1.54, 1.807) is 24.3 Å². The molecule has 0 atom stereocenters. The second-order valence-electron chi connectivity index (χ2n) is 5.49. The molecule has 0 spiro atoms. The van der Waals surface area contributed by atoms with Gasteiger partial charge >= 0.3 is 0 Å². The molecule has 0 aromatic heterocycles. The van der Waals surface area contributed by atoms with Crippen molar-refractivity contribution in [2.45, 2.75) is 44.9 Å². The average Bonchev–Trinajstić information content (AvgIpc) is 2.75. The van der Waals surface area contributed by atoms with Crippen molar-refractivity contribution >= 4 is 11.8 Å². The molecule has 0 N–H and O–H groups in total. The zero-order valence-electron chi connectivity index (χ0n) is 12.3. The van der Waals surface area contributed by atoms with Gasteiger partial charge in [-0.2, -0.15) is 0 Å². The molecule has 1 aromatic carbocycles. The van der Waals surface area contributed by atoms with E-state index in [0.29, 0.717) is 17.7 Å². The predicted molar refractivity (Wildman–Crippen MR) is 79.7 cm³/mol. The van der Waals surface area contributed by atoms with E-state index in [4.69, 9.17) is 0 Å². The van der Waals surface area contributed by atoms with E-state index in [0.717, 1.165) is 44.9 Å². The van der Waals surface area contributed by atoms with Crippen LogP contribution in [0.25, 0.3) is 0 Å². The first-order chi connectivity index (χ1) is 10.3. The van der Waals surface area contributed by atoms with Crippen LogP contribution in [0.4, 0.5) is 0 Å². The lowest BCUT2D eigenvalue weighted by atomic mass is 10.1. The summed E-state index contributed by atoms with van der Waals surface area (Å²) in [4.78, 5) is 25.6. The van der Waals surface area contributed by atoms with Crippen molar-refractivity contribution in [2.75, 3.05) is 13.2 Å². The molecule has 1 aliphatic heterocycles. The third kappa shape index (κ3) is 3.91. The molecule has 1 aliphatic rings. The lowest BCUT2D eigenvalue weighted by Crippen LogP contribution is -2.30. The highest BCUT2D eigenvalue weighted by atomic mass is 16.3. The molecule has 0 aliphatic carbocycles. The van der Waals surface area contributed by atoms with Crippen LogP contribution in [0.1, 0.15) is 65.7 Å². The van der Waals surface area contributed by atoms with Gasteiger partial charge in [0, 0.05) is 6.54 Å². The summed E-state index contributed by atoms with van der Waals surface area (Å²) in [6.07, 6.45) is 6.99. The Hall–Kier alpha value is -1.68. The van der Waals surface area contributed by atoms with Crippen molar-refractivity contribution in [2.24, 2.45) is 0 Å². The maximum absolute atomic E-state index is 12.1. The van der Waals surface area contributed by atoms with E-state index in [-0.39, 0.29) is 18.4 Å². The van der Waals surface area contributed by atoms with Crippen LogP contribution in [-0.4, -0.2) is 29.9 Å². The summed E-state index contributed by atoms with van der Waals surface area (Å²) in [5.74, 6) is -0.322. The van der Waals surface area contributed by atoms with Gasteiger partial charge in [0.15, 0.2) is 0 Å². The topological polar surface area (TPSA) is 57.3 Å². The Morgan fingerprint density at radius 3 is 1.71 bits per heavy atom. The second-order valence-corrected chi connectivity index (χ2v) is 5.49. The number of benzene rings is 1. The van der Waals surface area contributed by atoms with Gasteiger partial charge in [0.1, 0.15) is 0 Å². The Labute approximate surface area is 125 Å². The van der Waals surface area contributed by atoms with Crippen molar-refractivity contribution in [1.29, 1.82) is 0 Å². The third-order valence-electron chi connectivity index (χ3n) is 3.90. The first-order valence-electron chi connectivity index (χ1n) is 7.79. The van der Waals surface area contributed by atoms with Crippen LogP contribution in [0.5, 0.6) is 0 Å². The molecule has 0 bridgehead atoms. The van der Waals surface area contributed by atoms with E-state index in [9.17, 15) is 14.7 Å². The second kappa shape index (κ2) is 7.93. The molecule has 4 heteroatoms. The lowest BCUT2D eigenvalue weighted by Gasteiger charge is -2.13. The zero-order chi connectivity index (χ0) is 15.1. The van der Waals surface area contributed by atoms with E-state index >= 15 is 0 Å². The van der Waals surface area contributed by atoms with Gasteiger partial charge in [-0.25, -0.2) is 5.11 Å². The summed E-state index contributed by atoms with van der Waals surface area (Å²) >= 11 is 0. The quantitative estimate of drug-likeness (QED) is 0.516. The van der Waals surface area contributed by atoms with Crippen molar-refractivity contribution in [3.8, 4) is 0 Å². The highest BCUT2D eigenvalue weighted by Crippen LogP contribution is 2.22. The Morgan fingerprint density at radius 1 is 0.714 bits per heavy atom. The van der Waals surface area contributed by atoms with Crippen molar-refractivity contribution in [1.82, 2.24) is 4.90 Å². The number of carbonyl (C=O) groups excluding carboxylic acids is 2. The van der Waals surface area contributed by atoms with Gasteiger partial charge in [-0.15, -0.1) is 0 Å². The van der Waals surface area contributed by atoms with Crippen molar-refractivity contribution in [3.63, 3.8) is 0 Å². The molecule has 21 heavy (non-hydrogen) atoms. The van der Waals surface area contributed by atoms with Gasteiger partial charge in [0.05, 0.1) is 17.7 Å². The molecule has 0 saturated carbocycles. The van der Waals surface area contributed by atoms with E-state index in [1.807, 2.05) is 0 Å². The van der Waals surface area contributed by atoms with Crippen LogP contribution in [0.15, 0.2) is 24.3 Å². The summed E-state index contributed by atoms with van der Waals surface area (Å²) in [6, 6.07) is 7.00. The summed E-state index contributed by atoms with van der Waals surface area (Å²) in [6.45, 7) is 0.534. The minimum atomic E-state index is -0.161. The number of amides is 2. The molecule has 1 aromatic rings. The Kier molecular flexibility index (Phi) is 5.93. The van der Waals surface area contributed by atoms with Crippen molar-refractivity contribution in [3.05, 3.63) is 35.4 Å². The highest BCUT2D eigenvalue weighted by Gasteiger charge is 2.34. The minimum Gasteiger partial charge on any atom is -0.274 e. The highest BCUT2D eigenvalue weighted by molar-refractivity contribution is 6.21.